The second kappa shape index (κ2) is 7.68. The number of carboxylic acids is 1. The summed E-state index contributed by atoms with van der Waals surface area (Å²) in [5.41, 5.74) is 2.46. The minimum atomic E-state index is -0.998. The van der Waals surface area contributed by atoms with Crippen molar-refractivity contribution in [2.45, 2.75) is 26.3 Å². The van der Waals surface area contributed by atoms with Gasteiger partial charge in [-0.1, -0.05) is 67.9 Å². The number of hydrogen-bond acceptors (Lipinski definition) is 3. The predicted molar refractivity (Wildman–Crippen MR) is 115 cm³/mol. The van der Waals surface area contributed by atoms with Crippen LogP contribution in [0.5, 0.6) is 0 Å². The van der Waals surface area contributed by atoms with Crippen LogP contribution >= 0.6 is 11.6 Å². The maximum absolute atomic E-state index is 12.2. The van der Waals surface area contributed by atoms with Crippen LogP contribution in [0.1, 0.15) is 41.5 Å². The summed E-state index contributed by atoms with van der Waals surface area (Å²) in [6.07, 6.45) is 3.20. The molecule has 0 aliphatic carbocycles. The minimum Gasteiger partial charge on any atom is -0.477 e. The standard InChI is InChI=1S/C23H20ClN3O2/c1-14(2)20-21(23(28)29)27(22(26-20)17-10-18(24)12-25-11-17)13-16-8-5-7-15-6-3-4-9-19(15)16/h3-12,14H,13H2,1-2H3,(H,28,29). The van der Waals surface area contributed by atoms with Crippen LogP contribution in [0, 0.1) is 0 Å². The normalized spacial score (nSPS) is 11.3. The average molecular weight is 406 g/mol. The lowest BCUT2D eigenvalue weighted by Gasteiger charge is -2.13. The summed E-state index contributed by atoms with van der Waals surface area (Å²) in [4.78, 5) is 21.1. The second-order valence-electron chi connectivity index (χ2n) is 7.25. The highest BCUT2D eigenvalue weighted by molar-refractivity contribution is 6.30. The molecule has 4 rings (SSSR count). The van der Waals surface area contributed by atoms with Crippen molar-refractivity contribution in [1.82, 2.24) is 14.5 Å². The molecule has 1 N–H and O–H groups in total. The topological polar surface area (TPSA) is 68.0 Å². The monoisotopic (exact) mass is 405 g/mol. The second-order valence-corrected chi connectivity index (χ2v) is 7.68. The van der Waals surface area contributed by atoms with Crippen LogP contribution in [-0.2, 0) is 6.54 Å². The Morgan fingerprint density at radius 1 is 1.14 bits per heavy atom. The van der Waals surface area contributed by atoms with Crippen molar-refractivity contribution in [2.24, 2.45) is 0 Å². The quantitative estimate of drug-likeness (QED) is 0.467. The minimum absolute atomic E-state index is 0.0410. The van der Waals surface area contributed by atoms with E-state index in [4.69, 9.17) is 16.6 Å². The van der Waals surface area contributed by atoms with Crippen molar-refractivity contribution in [3.63, 3.8) is 0 Å². The zero-order valence-corrected chi connectivity index (χ0v) is 16.9. The maximum Gasteiger partial charge on any atom is 0.354 e. The highest BCUT2D eigenvalue weighted by Gasteiger charge is 2.25. The fraction of sp³-hybridized carbons (Fsp3) is 0.174. The Kier molecular flexibility index (Phi) is 5.07. The Bertz CT molecular complexity index is 1210. The molecule has 2 heterocycles. The summed E-state index contributed by atoms with van der Waals surface area (Å²) < 4.78 is 1.76. The van der Waals surface area contributed by atoms with Crippen LogP contribution < -0.4 is 0 Å². The summed E-state index contributed by atoms with van der Waals surface area (Å²) in [5, 5.41) is 12.7. The van der Waals surface area contributed by atoms with Gasteiger partial charge in [0.25, 0.3) is 0 Å². The summed E-state index contributed by atoms with van der Waals surface area (Å²) in [7, 11) is 0. The van der Waals surface area contributed by atoms with Gasteiger partial charge in [0.15, 0.2) is 5.69 Å². The van der Waals surface area contributed by atoms with Gasteiger partial charge in [-0.25, -0.2) is 9.78 Å². The van der Waals surface area contributed by atoms with Crippen LogP contribution in [0.15, 0.2) is 60.9 Å². The first kappa shape index (κ1) is 19.2. The van der Waals surface area contributed by atoms with Crippen LogP contribution in [0.4, 0.5) is 0 Å². The van der Waals surface area contributed by atoms with Gasteiger partial charge in [-0.15, -0.1) is 0 Å². The van der Waals surface area contributed by atoms with Crippen molar-refractivity contribution in [3.05, 3.63) is 82.9 Å². The molecule has 146 valence electrons. The van der Waals surface area contributed by atoms with Gasteiger partial charge in [0.2, 0.25) is 0 Å². The molecule has 0 aliphatic rings. The Balaban J connectivity index is 1.96. The molecule has 0 fully saturated rings. The molecule has 4 aromatic rings. The number of carbonyl (C=O) groups is 1. The highest BCUT2D eigenvalue weighted by Crippen LogP contribution is 2.30. The number of pyridine rings is 1. The molecule has 6 heteroatoms. The molecule has 2 aromatic heterocycles. The van der Waals surface area contributed by atoms with E-state index in [9.17, 15) is 9.90 Å². The average Bonchev–Trinajstić information content (AvgIpc) is 3.08. The zero-order chi connectivity index (χ0) is 20.5. The number of nitrogens with zero attached hydrogens (tertiary/aromatic N) is 3. The highest BCUT2D eigenvalue weighted by atomic mass is 35.5. The van der Waals surface area contributed by atoms with E-state index in [0.717, 1.165) is 16.3 Å². The van der Waals surface area contributed by atoms with Crippen molar-refractivity contribution < 1.29 is 9.90 Å². The zero-order valence-electron chi connectivity index (χ0n) is 16.1. The van der Waals surface area contributed by atoms with E-state index in [0.29, 0.717) is 28.6 Å². The molecule has 0 radical (unpaired) electrons. The van der Waals surface area contributed by atoms with Crippen molar-refractivity contribution in [1.29, 1.82) is 0 Å². The van der Waals surface area contributed by atoms with Crippen LogP contribution in [0.25, 0.3) is 22.2 Å². The molecular weight excluding hydrogens is 386 g/mol. The number of benzene rings is 2. The number of fused-ring (bicyclic) bond motifs is 1. The molecule has 2 aromatic carbocycles. The van der Waals surface area contributed by atoms with Crippen LogP contribution in [0.2, 0.25) is 5.02 Å². The number of aromatic nitrogens is 3. The Morgan fingerprint density at radius 2 is 1.90 bits per heavy atom. The number of halogens is 1. The van der Waals surface area contributed by atoms with Crippen molar-refractivity contribution in [3.8, 4) is 11.4 Å². The van der Waals surface area contributed by atoms with E-state index >= 15 is 0 Å². The van der Waals surface area contributed by atoms with Gasteiger partial charge in [0.1, 0.15) is 5.82 Å². The SMILES string of the molecule is CC(C)c1nc(-c2cncc(Cl)c2)n(Cc2cccc3ccccc23)c1C(=O)O. The van der Waals surface area contributed by atoms with E-state index in [1.807, 2.05) is 56.3 Å². The molecular formula is C23H20ClN3O2. The third-order valence-corrected chi connectivity index (χ3v) is 5.12. The lowest BCUT2D eigenvalue weighted by molar-refractivity contribution is 0.0684. The molecule has 0 unspecified atom stereocenters. The van der Waals surface area contributed by atoms with Gasteiger partial charge in [-0.05, 0) is 28.3 Å². The molecule has 0 bridgehead atoms. The van der Waals surface area contributed by atoms with E-state index in [1.54, 1.807) is 23.0 Å². The van der Waals surface area contributed by atoms with Gasteiger partial charge in [0, 0.05) is 18.0 Å². The molecule has 0 saturated carbocycles. The lowest BCUT2D eigenvalue weighted by Crippen LogP contribution is -2.13. The number of imidazole rings is 1. The third-order valence-electron chi connectivity index (χ3n) is 4.92. The van der Waals surface area contributed by atoms with Gasteiger partial charge >= 0.3 is 5.97 Å². The molecule has 0 atom stereocenters. The van der Waals surface area contributed by atoms with Crippen LogP contribution in [-0.4, -0.2) is 25.6 Å². The summed E-state index contributed by atoms with van der Waals surface area (Å²) in [6, 6.07) is 15.9. The van der Waals surface area contributed by atoms with E-state index in [1.165, 1.54) is 0 Å². The summed E-state index contributed by atoms with van der Waals surface area (Å²) in [6.45, 7) is 4.26. The smallest absolute Gasteiger partial charge is 0.354 e. The van der Waals surface area contributed by atoms with Gasteiger partial charge in [-0.3, -0.25) is 4.98 Å². The van der Waals surface area contributed by atoms with E-state index in [-0.39, 0.29) is 11.6 Å². The molecule has 0 amide bonds. The lowest BCUT2D eigenvalue weighted by atomic mass is 10.0. The molecule has 0 spiro atoms. The molecule has 29 heavy (non-hydrogen) atoms. The fourth-order valence-corrected chi connectivity index (χ4v) is 3.78. The first-order valence-corrected chi connectivity index (χ1v) is 9.74. The first-order valence-electron chi connectivity index (χ1n) is 9.37. The predicted octanol–water partition coefficient (Wildman–Crippen LogP) is 5.62. The third kappa shape index (κ3) is 3.61. The summed E-state index contributed by atoms with van der Waals surface area (Å²) in [5.74, 6) is -0.488. The number of hydrogen-bond donors (Lipinski definition) is 1. The number of rotatable bonds is 5. The largest absolute Gasteiger partial charge is 0.477 e. The van der Waals surface area contributed by atoms with Gasteiger partial charge in [0.05, 0.1) is 17.3 Å². The maximum atomic E-state index is 12.2. The Hall–Kier alpha value is -3.18. The van der Waals surface area contributed by atoms with E-state index in [2.05, 4.69) is 4.98 Å². The Morgan fingerprint density at radius 3 is 2.62 bits per heavy atom. The Labute approximate surface area is 173 Å². The molecule has 0 saturated heterocycles. The summed E-state index contributed by atoms with van der Waals surface area (Å²) >= 11 is 6.14. The fourth-order valence-electron chi connectivity index (χ4n) is 3.61. The molecule has 0 aliphatic heterocycles. The van der Waals surface area contributed by atoms with Crippen molar-refractivity contribution >= 4 is 28.3 Å². The number of aromatic carboxylic acids is 1. The van der Waals surface area contributed by atoms with E-state index < -0.39 is 5.97 Å². The van der Waals surface area contributed by atoms with Gasteiger partial charge in [-0.2, -0.15) is 0 Å². The van der Waals surface area contributed by atoms with Gasteiger partial charge < -0.3 is 9.67 Å². The first-order chi connectivity index (χ1) is 14.0. The van der Waals surface area contributed by atoms with Crippen molar-refractivity contribution in [2.75, 3.05) is 0 Å². The molecule has 5 nitrogen and oxygen atoms in total. The number of carboxylic acid groups (broad SMARTS) is 1. The van der Waals surface area contributed by atoms with Crippen LogP contribution in [0.3, 0.4) is 0 Å².